The first-order chi connectivity index (χ1) is 9.80. The number of hydrogen-bond donors (Lipinski definition) is 4. The van der Waals surface area contributed by atoms with Gasteiger partial charge in [-0.15, -0.1) is 0 Å². The zero-order valence-corrected chi connectivity index (χ0v) is 13.0. The Balaban J connectivity index is 2.74. The number of nitrogens with zero attached hydrogens (tertiary/aromatic N) is 3. The average Bonchev–Trinajstić information content (AvgIpc) is 2.32. The number of carbonyl (C=O) groups is 1. The molecule has 118 valence electrons. The molecule has 0 aromatic carbocycles. The first-order valence-corrected chi connectivity index (χ1v) is 7.04. The first-order valence-electron chi connectivity index (χ1n) is 7.04. The predicted octanol–water partition coefficient (Wildman–Crippen LogP) is 1.79. The van der Waals surface area contributed by atoms with Gasteiger partial charge in [0.25, 0.3) is 0 Å². The fourth-order valence-corrected chi connectivity index (χ4v) is 1.52. The van der Waals surface area contributed by atoms with Crippen LogP contribution in [0.4, 0.5) is 17.8 Å². The van der Waals surface area contributed by atoms with Gasteiger partial charge in [0.05, 0.1) is 0 Å². The second-order valence-electron chi connectivity index (χ2n) is 5.64. The van der Waals surface area contributed by atoms with Gasteiger partial charge in [0.2, 0.25) is 17.8 Å². The highest BCUT2D eigenvalue weighted by Gasteiger charge is 2.13. The summed E-state index contributed by atoms with van der Waals surface area (Å²) in [5, 5.41) is 17.9. The van der Waals surface area contributed by atoms with Crippen molar-refractivity contribution in [3.8, 4) is 0 Å². The van der Waals surface area contributed by atoms with Gasteiger partial charge in [-0.25, -0.2) is 0 Å². The lowest BCUT2D eigenvalue weighted by Gasteiger charge is -2.21. The molecule has 1 aromatic heterocycles. The average molecular weight is 296 g/mol. The van der Waals surface area contributed by atoms with Crippen molar-refractivity contribution >= 4 is 23.8 Å². The summed E-state index contributed by atoms with van der Waals surface area (Å²) in [5.41, 5.74) is -0.161. The number of nitrogens with one attached hydrogen (secondary N) is 3. The van der Waals surface area contributed by atoms with Crippen molar-refractivity contribution in [1.29, 1.82) is 0 Å². The Bertz CT molecular complexity index is 472. The van der Waals surface area contributed by atoms with E-state index in [4.69, 9.17) is 5.11 Å². The molecular weight excluding hydrogens is 272 g/mol. The van der Waals surface area contributed by atoms with E-state index in [1.165, 1.54) is 0 Å². The topological polar surface area (TPSA) is 112 Å². The molecule has 0 aliphatic rings. The maximum absolute atomic E-state index is 10.5. The molecule has 0 aliphatic carbocycles. The zero-order valence-electron chi connectivity index (χ0n) is 13.0. The molecule has 0 bridgehead atoms. The summed E-state index contributed by atoms with van der Waals surface area (Å²) < 4.78 is 0. The minimum Gasteiger partial charge on any atom is -0.481 e. The molecule has 0 amide bonds. The molecule has 0 unspecified atom stereocenters. The highest BCUT2D eigenvalue weighted by molar-refractivity contribution is 5.66. The van der Waals surface area contributed by atoms with E-state index in [1.54, 1.807) is 0 Å². The van der Waals surface area contributed by atoms with E-state index < -0.39 is 5.97 Å². The van der Waals surface area contributed by atoms with Crippen LogP contribution in [0.25, 0.3) is 0 Å². The third-order valence-electron chi connectivity index (χ3n) is 2.31. The Kier molecular flexibility index (Phi) is 6.13. The Hall–Kier alpha value is -2.12. The van der Waals surface area contributed by atoms with Crippen LogP contribution in [0.1, 0.15) is 40.5 Å². The molecule has 8 nitrogen and oxygen atoms in total. The summed E-state index contributed by atoms with van der Waals surface area (Å²) in [5.74, 6) is 0.586. The number of hydrogen-bond acceptors (Lipinski definition) is 7. The molecule has 1 heterocycles. The molecule has 8 heteroatoms. The maximum Gasteiger partial charge on any atom is 0.303 e. The van der Waals surface area contributed by atoms with Crippen LogP contribution in [-0.4, -0.2) is 44.7 Å². The minimum absolute atomic E-state index is 0.116. The van der Waals surface area contributed by atoms with Gasteiger partial charge < -0.3 is 21.1 Å². The van der Waals surface area contributed by atoms with Crippen LogP contribution in [0.2, 0.25) is 0 Å². The second-order valence-corrected chi connectivity index (χ2v) is 5.64. The number of carboxylic acid groups (broad SMARTS) is 1. The quantitative estimate of drug-likeness (QED) is 0.537. The van der Waals surface area contributed by atoms with E-state index in [1.807, 2.05) is 27.7 Å². The fourth-order valence-electron chi connectivity index (χ4n) is 1.52. The Labute approximate surface area is 124 Å². The number of rotatable bonds is 8. The van der Waals surface area contributed by atoms with Crippen LogP contribution in [0.5, 0.6) is 0 Å². The zero-order chi connectivity index (χ0) is 15.9. The molecular formula is C13H24N6O2. The van der Waals surface area contributed by atoms with Gasteiger partial charge in [-0.3, -0.25) is 4.79 Å². The van der Waals surface area contributed by atoms with E-state index in [-0.39, 0.29) is 12.0 Å². The predicted molar refractivity (Wildman–Crippen MR) is 82.7 cm³/mol. The number of aromatic nitrogens is 3. The Morgan fingerprint density at radius 2 is 1.67 bits per heavy atom. The van der Waals surface area contributed by atoms with Gasteiger partial charge in [0.1, 0.15) is 0 Å². The van der Waals surface area contributed by atoms with Crippen molar-refractivity contribution in [2.24, 2.45) is 0 Å². The normalized spacial score (nSPS) is 11.0. The number of aliphatic carboxylic acids is 1. The van der Waals surface area contributed by atoms with Crippen molar-refractivity contribution in [1.82, 2.24) is 15.0 Å². The molecule has 0 saturated heterocycles. The summed E-state index contributed by atoms with van der Waals surface area (Å²) in [4.78, 5) is 23.3. The lowest BCUT2D eigenvalue weighted by Crippen LogP contribution is -2.28. The maximum atomic E-state index is 10.5. The van der Waals surface area contributed by atoms with Crippen molar-refractivity contribution in [2.75, 3.05) is 29.0 Å². The third-order valence-corrected chi connectivity index (χ3v) is 2.31. The smallest absolute Gasteiger partial charge is 0.303 e. The molecule has 1 aromatic rings. The van der Waals surface area contributed by atoms with Crippen molar-refractivity contribution in [3.05, 3.63) is 0 Å². The van der Waals surface area contributed by atoms with Crippen molar-refractivity contribution in [2.45, 2.75) is 46.1 Å². The highest BCUT2D eigenvalue weighted by Crippen LogP contribution is 2.14. The molecule has 0 radical (unpaired) electrons. The molecule has 21 heavy (non-hydrogen) atoms. The molecule has 0 atom stereocenters. The highest BCUT2D eigenvalue weighted by atomic mass is 16.4. The SMILES string of the molecule is CCNc1nc(NCCCC(=O)O)nc(NC(C)(C)C)n1. The van der Waals surface area contributed by atoms with Crippen molar-refractivity contribution < 1.29 is 9.90 Å². The molecule has 4 N–H and O–H groups in total. The van der Waals surface area contributed by atoms with Crippen molar-refractivity contribution in [3.63, 3.8) is 0 Å². The van der Waals surface area contributed by atoms with E-state index in [0.29, 0.717) is 37.4 Å². The van der Waals surface area contributed by atoms with Gasteiger partial charge in [-0.2, -0.15) is 15.0 Å². The number of carboxylic acids is 1. The summed E-state index contributed by atoms with van der Waals surface area (Å²) >= 11 is 0. The molecule has 0 spiro atoms. The summed E-state index contributed by atoms with van der Waals surface area (Å²) in [7, 11) is 0. The van der Waals surface area contributed by atoms with Gasteiger partial charge >= 0.3 is 5.97 Å². The largest absolute Gasteiger partial charge is 0.481 e. The lowest BCUT2D eigenvalue weighted by atomic mass is 10.1. The van der Waals surface area contributed by atoms with E-state index in [0.717, 1.165) is 0 Å². The van der Waals surface area contributed by atoms with Gasteiger partial charge in [-0.1, -0.05) is 0 Å². The van der Waals surface area contributed by atoms with Crippen LogP contribution in [-0.2, 0) is 4.79 Å². The van der Waals surface area contributed by atoms with E-state index in [2.05, 4.69) is 30.9 Å². The lowest BCUT2D eigenvalue weighted by molar-refractivity contribution is -0.137. The molecule has 0 aliphatic heterocycles. The van der Waals surface area contributed by atoms with Crippen LogP contribution >= 0.6 is 0 Å². The van der Waals surface area contributed by atoms with Crippen LogP contribution < -0.4 is 16.0 Å². The van der Waals surface area contributed by atoms with Gasteiger partial charge in [-0.05, 0) is 34.1 Å². The fraction of sp³-hybridized carbons (Fsp3) is 0.692. The van der Waals surface area contributed by atoms with Gasteiger partial charge in [0.15, 0.2) is 0 Å². The first kappa shape index (κ1) is 16.9. The minimum atomic E-state index is -0.809. The third kappa shape index (κ3) is 7.28. The molecule has 0 fully saturated rings. The second kappa shape index (κ2) is 7.61. The molecule has 1 rings (SSSR count). The summed E-state index contributed by atoms with van der Waals surface area (Å²) in [6.45, 7) is 9.21. The van der Waals surface area contributed by atoms with Crippen LogP contribution in [0, 0.1) is 0 Å². The standard InChI is InChI=1S/C13H24N6O2/c1-5-14-10-16-11(15-8-6-7-9(20)21)18-12(17-10)19-13(2,3)4/h5-8H2,1-4H3,(H,20,21)(H3,14,15,16,17,18,19). The van der Waals surface area contributed by atoms with E-state index in [9.17, 15) is 4.79 Å². The van der Waals surface area contributed by atoms with Gasteiger partial charge in [0, 0.05) is 25.0 Å². The monoisotopic (exact) mass is 296 g/mol. The van der Waals surface area contributed by atoms with E-state index >= 15 is 0 Å². The molecule has 0 saturated carbocycles. The van der Waals surface area contributed by atoms with Crippen LogP contribution in [0.3, 0.4) is 0 Å². The Morgan fingerprint density at radius 3 is 2.19 bits per heavy atom. The Morgan fingerprint density at radius 1 is 1.10 bits per heavy atom. The summed E-state index contributed by atoms with van der Waals surface area (Å²) in [6, 6.07) is 0. The van der Waals surface area contributed by atoms with Crippen LogP contribution in [0.15, 0.2) is 0 Å². The number of anilines is 3. The summed E-state index contributed by atoms with van der Waals surface area (Å²) in [6.07, 6.45) is 0.630.